The molecule has 1 aromatic rings. The molecular formula is C17H28N2O2S. The molecule has 1 fully saturated rings. The van der Waals surface area contributed by atoms with Crippen LogP contribution in [0.4, 0.5) is 0 Å². The number of unbranched alkanes of at least 4 members (excludes halogenated alkanes) is 2. The fourth-order valence-corrected chi connectivity index (χ4v) is 3.68. The van der Waals surface area contributed by atoms with Gasteiger partial charge in [-0.25, -0.2) is 0 Å². The number of hydrogen-bond donors (Lipinski definition) is 1. The fourth-order valence-electron chi connectivity index (χ4n) is 2.90. The normalized spacial score (nSPS) is 16.2. The summed E-state index contributed by atoms with van der Waals surface area (Å²) in [5, 5.41) is 4.87. The van der Waals surface area contributed by atoms with E-state index in [1.54, 1.807) is 7.11 Å². The molecule has 0 saturated carbocycles. The summed E-state index contributed by atoms with van der Waals surface area (Å²) in [6, 6.07) is 1.83. The smallest absolute Gasteiger partial charge is 0.265 e. The second-order valence-electron chi connectivity index (χ2n) is 5.89. The van der Waals surface area contributed by atoms with E-state index in [4.69, 9.17) is 4.74 Å². The number of methoxy groups -OCH3 is 1. The van der Waals surface area contributed by atoms with Crippen molar-refractivity contribution in [2.75, 3.05) is 33.3 Å². The van der Waals surface area contributed by atoms with Gasteiger partial charge in [-0.1, -0.05) is 19.3 Å². The van der Waals surface area contributed by atoms with Crippen molar-refractivity contribution in [1.29, 1.82) is 0 Å². The van der Waals surface area contributed by atoms with E-state index in [9.17, 15) is 4.79 Å². The van der Waals surface area contributed by atoms with E-state index < -0.39 is 0 Å². The van der Waals surface area contributed by atoms with Crippen LogP contribution in [0.3, 0.4) is 0 Å². The predicted octanol–water partition coefficient (Wildman–Crippen LogP) is 3.53. The van der Waals surface area contributed by atoms with Crippen LogP contribution in [0.25, 0.3) is 0 Å². The fraction of sp³-hybridized carbons (Fsp3) is 0.706. The SMILES string of the molecule is COc1ccsc1C(=O)NCCCCCN1CCCCCC1. The van der Waals surface area contributed by atoms with E-state index in [-0.39, 0.29) is 5.91 Å². The lowest BCUT2D eigenvalue weighted by Crippen LogP contribution is -2.26. The Morgan fingerprint density at radius 3 is 2.73 bits per heavy atom. The van der Waals surface area contributed by atoms with E-state index in [0.29, 0.717) is 10.6 Å². The molecule has 4 nitrogen and oxygen atoms in total. The summed E-state index contributed by atoms with van der Waals surface area (Å²) < 4.78 is 5.17. The van der Waals surface area contributed by atoms with Crippen molar-refractivity contribution < 1.29 is 9.53 Å². The monoisotopic (exact) mass is 324 g/mol. The molecule has 2 rings (SSSR count). The Labute approximate surface area is 137 Å². The van der Waals surface area contributed by atoms with E-state index in [0.717, 1.165) is 13.0 Å². The van der Waals surface area contributed by atoms with Crippen LogP contribution in [-0.2, 0) is 0 Å². The van der Waals surface area contributed by atoms with E-state index in [1.807, 2.05) is 11.4 Å². The first-order valence-electron chi connectivity index (χ1n) is 8.43. The summed E-state index contributed by atoms with van der Waals surface area (Å²) in [6.45, 7) is 4.51. The van der Waals surface area contributed by atoms with Crippen molar-refractivity contribution in [1.82, 2.24) is 10.2 Å². The number of hydrogen-bond acceptors (Lipinski definition) is 4. The average molecular weight is 324 g/mol. The van der Waals surface area contributed by atoms with Crippen LogP contribution in [0, 0.1) is 0 Å². The van der Waals surface area contributed by atoms with Crippen molar-refractivity contribution in [3.8, 4) is 5.75 Å². The third-order valence-electron chi connectivity index (χ3n) is 4.19. The zero-order valence-electron chi connectivity index (χ0n) is 13.6. The van der Waals surface area contributed by atoms with Crippen molar-refractivity contribution in [2.24, 2.45) is 0 Å². The molecule has 5 heteroatoms. The molecule has 0 spiro atoms. The van der Waals surface area contributed by atoms with Gasteiger partial charge in [0.15, 0.2) is 0 Å². The van der Waals surface area contributed by atoms with Crippen molar-refractivity contribution >= 4 is 17.2 Å². The summed E-state index contributed by atoms with van der Waals surface area (Å²) in [4.78, 5) is 15.3. The number of amides is 1. The van der Waals surface area contributed by atoms with Gasteiger partial charge in [-0.15, -0.1) is 11.3 Å². The lowest BCUT2D eigenvalue weighted by atomic mass is 10.2. The highest BCUT2D eigenvalue weighted by Gasteiger charge is 2.13. The average Bonchev–Trinajstić information content (AvgIpc) is 2.87. The number of nitrogens with zero attached hydrogens (tertiary/aromatic N) is 1. The van der Waals surface area contributed by atoms with Crippen LogP contribution >= 0.6 is 11.3 Å². The Morgan fingerprint density at radius 1 is 1.23 bits per heavy atom. The molecule has 22 heavy (non-hydrogen) atoms. The second-order valence-corrected chi connectivity index (χ2v) is 6.81. The molecule has 0 bridgehead atoms. The maximum absolute atomic E-state index is 12.0. The zero-order chi connectivity index (χ0) is 15.6. The number of ether oxygens (including phenoxy) is 1. The molecular weight excluding hydrogens is 296 g/mol. The molecule has 1 amide bonds. The molecule has 1 aliphatic heterocycles. The third-order valence-corrected chi connectivity index (χ3v) is 5.09. The molecule has 1 aromatic heterocycles. The number of thiophene rings is 1. The Balaban J connectivity index is 1.54. The van der Waals surface area contributed by atoms with Gasteiger partial charge in [-0.3, -0.25) is 4.79 Å². The summed E-state index contributed by atoms with van der Waals surface area (Å²) in [5.74, 6) is 0.656. The topological polar surface area (TPSA) is 41.6 Å². The Bertz CT molecular complexity index is 440. The first-order valence-corrected chi connectivity index (χ1v) is 9.31. The van der Waals surface area contributed by atoms with Crippen LogP contribution in [-0.4, -0.2) is 44.1 Å². The van der Waals surface area contributed by atoms with Gasteiger partial charge in [-0.2, -0.15) is 0 Å². The molecule has 1 aliphatic rings. The van der Waals surface area contributed by atoms with Gasteiger partial charge in [0.05, 0.1) is 7.11 Å². The Morgan fingerprint density at radius 2 is 2.00 bits per heavy atom. The second kappa shape index (κ2) is 9.85. The summed E-state index contributed by atoms with van der Waals surface area (Å²) in [5.41, 5.74) is 0. The first kappa shape index (κ1) is 17.3. The number of carbonyl (C=O) groups is 1. The molecule has 2 heterocycles. The van der Waals surface area contributed by atoms with Gasteiger partial charge >= 0.3 is 0 Å². The molecule has 0 atom stereocenters. The highest BCUT2D eigenvalue weighted by atomic mass is 32.1. The van der Waals surface area contributed by atoms with Gasteiger partial charge < -0.3 is 15.0 Å². The highest BCUT2D eigenvalue weighted by Crippen LogP contribution is 2.23. The largest absolute Gasteiger partial charge is 0.495 e. The van der Waals surface area contributed by atoms with Gasteiger partial charge in [0, 0.05) is 6.54 Å². The first-order chi connectivity index (χ1) is 10.8. The number of carbonyl (C=O) groups excluding carboxylic acids is 1. The van der Waals surface area contributed by atoms with Crippen LogP contribution in [0.1, 0.15) is 54.6 Å². The molecule has 1 N–H and O–H groups in total. The molecule has 0 radical (unpaired) electrons. The van der Waals surface area contributed by atoms with Crippen LogP contribution in [0.2, 0.25) is 0 Å². The van der Waals surface area contributed by atoms with Crippen molar-refractivity contribution in [2.45, 2.75) is 44.9 Å². The van der Waals surface area contributed by atoms with Crippen molar-refractivity contribution in [3.63, 3.8) is 0 Å². The Kier molecular flexibility index (Phi) is 7.74. The number of rotatable bonds is 8. The van der Waals surface area contributed by atoms with E-state index in [1.165, 1.54) is 69.5 Å². The maximum Gasteiger partial charge on any atom is 0.265 e. The summed E-state index contributed by atoms with van der Waals surface area (Å²) >= 11 is 1.43. The molecule has 0 unspecified atom stereocenters. The van der Waals surface area contributed by atoms with E-state index >= 15 is 0 Å². The predicted molar refractivity (Wildman–Crippen MR) is 92.0 cm³/mol. The third kappa shape index (κ3) is 5.61. The molecule has 0 aliphatic carbocycles. The van der Waals surface area contributed by atoms with Crippen LogP contribution in [0.15, 0.2) is 11.4 Å². The minimum absolute atomic E-state index is 0.0145. The lowest BCUT2D eigenvalue weighted by Gasteiger charge is -2.19. The molecule has 124 valence electrons. The number of likely N-dealkylation sites (tertiary alicyclic amines) is 1. The van der Waals surface area contributed by atoms with Gasteiger partial charge in [0.1, 0.15) is 10.6 Å². The minimum Gasteiger partial charge on any atom is -0.495 e. The summed E-state index contributed by atoms with van der Waals surface area (Å²) in [7, 11) is 1.60. The van der Waals surface area contributed by atoms with Gasteiger partial charge in [0.25, 0.3) is 5.91 Å². The van der Waals surface area contributed by atoms with Gasteiger partial charge in [-0.05, 0) is 56.8 Å². The van der Waals surface area contributed by atoms with Crippen molar-refractivity contribution in [3.05, 3.63) is 16.3 Å². The standard InChI is InChI=1S/C17H28N2O2S/c1-21-15-9-14-22-16(15)17(20)18-10-5-4-8-13-19-11-6-2-3-7-12-19/h9,14H,2-8,10-13H2,1H3,(H,18,20). The molecule has 1 saturated heterocycles. The quantitative estimate of drug-likeness (QED) is 0.744. The van der Waals surface area contributed by atoms with E-state index in [2.05, 4.69) is 10.2 Å². The molecule has 0 aromatic carbocycles. The Hall–Kier alpha value is -1.07. The highest BCUT2D eigenvalue weighted by molar-refractivity contribution is 7.12. The summed E-state index contributed by atoms with van der Waals surface area (Å²) in [6.07, 6.45) is 8.98. The number of nitrogens with one attached hydrogen (secondary N) is 1. The maximum atomic E-state index is 12.0. The van der Waals surface area contributed by atoms with Crippen LogP contribution < -0.4 is 10.1 Å². The van der Waals surface area contributed by atoms with Gasteiger partial charge in [0.2, 0.25) is 0 Å². The van der Waals surface area contributed by atoms with Crippen LogP contribution in [0.5, 0.6) is 5.75 Å². The minimum atomic E-state index is -0.0145. The zero-order valence-corrected chi connectivity index (χ0v) is 14.4. The lowest BCUT2D eigenvalue weighted by molar-refractivity contribution is 0.0954.